The molecule has 1 aromatic heterocycles. The highest BCUT2D eigenvalue weighted by Gasteiger charge is 2.36. The Balaban J connectivity index is 2.18. The number of hydrogen-bond acceptors (Lipinski definition) is 6. The number of halogens is 1. The molecule has 3 rings (SSSR count). The highest BCUT2D eigenvalue weighted by Crippen LogP contribution is 2.47. The van der Waals surface area contributed by atoms with Gasteiger partial charge in [-0.25, -0.2) is 9.59 Å². The predicted molar refractivity (Wildman–Crippen MR) is 102 cm³/mol. The lowest BCUT2D eigenvalue weighted by Gasteiger charge is -2.28. The van der Waals surface area contributed by atoms with E-state index in [0.29, 0.717) is 27.8 Å². The lowest BCUT2D eigenvalue weighted by atomic mass is 9.82. The van der Waals surface area contributed by atoms with Gasteiger partial charge in [-0.05, 0) is 37.1 Å². The van der Waals surface area contributed by atoms with E-state index in [1.807, 2.05) is 25.1 Å². The van der Waals surface area contributed by atoms with Crippen LogP contribution in [0.3, 0.4) is 0 Å². The standard InChI is InChI=1S/C19H18ClNO4S/c1-4-25-18(22)14-9-12-16(11-7-5-6-8-13(11)20)15(19(23)24-3)10(2)21-17(12)26-14/h5-9,16,21H,4H2,1-3H3/t16-/m0/s1. The van der Waals surface area contributed by atoms with Crippen molar-refractivity contribution in [3.63, 3.8) is 0 Å². The quantitative estimate of drug-likeness (QED) is 0.772. The fourth-order valence-electron chi connectivity index (χ4n) is 3.04. The van der Waals surface area contributed by atoms with Gasteiger partial charge in [0.05, 0.1) is 24.3 Å². The van der Waals surface area contributed by atoms with Crippen molar-refractivity contribution >= 4 is 39.9 Å². The van der Waals surface area contributed by atoms with Gasteiger partial charge in [-0.1, -0.05) is 29.8 Å². The van der Waals surface area contributed by atoms with E-state index in [2.05, 4.69) is 5.32 Å². The summed E-state index contributed by atoms with van der Waals surface area (Å²) < 4.78 is 10.1. The maximum Gasteiger partial charge on any atom is 0.348 e. The molecule has 1 aliphatic rings. The number of esters is 2. The molecule has 136 valence electrons. The SMILES string of the molecule is CCOC(=O)c1cc2c(s1)NC(C)=C(C(=O)OC)[C@H]2c1ccccc1Cl. The number of benzene rings is 1. The van der Waals surface area contributed by atoms with Crippen LogP contribution in [-0.4, -0.2) is 25.7 Å². The van der Waals surface area contributed by atoms with Crippen LogP contribution in [0.4, 0.5) is 5.00 Å². The van der Waals surface area contributed by atoms with E-state index in [1.54, 1.807) is 19.1 Å². The normalized spacial score (nSPS) is 15.9. The first-order chi connectivity index (χ1) is 12.5. The van der Waals surface area contributed by atoms with E-state index in [-0.39, 0.29) is 5.97 Å². The van der Waals surface area contributed by atoms with Gasteiger partial charge in [0, 0.05) is 16.6 Å². The summed E-state index contributed by atoms with van der Waals surface area (Å²) in [5.74, 6) is -1.25. The van der Waals surface area contributed by atoms with Crippen molar-refractivity contribution in [2.75, 3.05) is 19.0 Å². The molecule has 1 N–H and O–H groups in total. The third kappa shape index (κ3) is 3.22. The van der Waals surface area contributed by atoms with Crippen molar-refractivity contribution < 1.29 is 19.1 Å². The number of thiophene rings is 1. The number of rotatable bonds is 4. The second-order valence-corrected chi connectivity index (χ2v) is 7.18. The maximum atomic E-state index is 12.5. The van der Waals surface area contributed by atoms with Crippen LogP contribution in [0.2, 0.25) is 5.02 Å². The van der Waals surface area contributed by atoms with Crippen molar-refractivity contribution in [3.8, 4) is 0 Å². The van der Waals surface area contributed by atoms with Crippen LogP contribution in [0.25, 0.3) is 0 Å². The Morgan fingerprint density at radius 2 is 1.96 bits per heavy atom. The van der Waals surface area contributed by atoms with Crippen LogP contribution in [-0.2, 0) is 14.3 Å². The molecule has 0 saturated carbocycles. The molecule has 1 atom stereocenters. The van der Waals surface area contributed by atoms with Crippen LogP contribution < -0.4 is 5.32 Å². The molecule has 1 aromatic carbocycles. The number of allylic oxidation sites excluding steroid dienone is 1. The van der Waals surface area contributed by atoms with Crippen molar-refractivity contribution in [2.24, 2.45) is 0 Å². The molecule has 7 heteroatoms. The number of anilines is 1. The van der Waals surface area contributed by atoms with Gasteiger partial charge < -0.3 is 14.8 Å². The van der Waals surface area contributed by atoms with Gasteiger partial charge in [0.15, 0.2) is 0 Å². The molecule has 0 saturated heterocycles. The van der Waals surface area contributed by atoms with Gasteiger partial charge in [-0.15, -0.1) is 11.3 Å². The van der Waals surface area contributed by atoms with Gasteiger partial charge >= 0.3 is 11.9 Å². The van der Waals surface area contributed by atoms with E-state index in [9.17, 15) is 9.59 Å². The minimum atomic E-state index is -0.436. The summed E-state index contributed by atoms with van der Waals surface area (Å²) in [7, 11) is 1.35. The average Bonchev–Trinajstić information content (AvgIpc) is 3.04. The van der Waals surface area contributed by atoms with Gasteiger partial charge in [0.1, 0.15) is 4.88 Å². The first-order valence-corrected chi connectivity index (χ1v) is 9.28. The Morgan fingerprint density at radius 1 is 1.23 bits per heavy atom. The van der Waals surface area contributed by atoms with Gasteiger partial charge in [0.2, 0.25) is 0 Å². The largest absolute Gasteiger partial charge is 0.466 e. The van der Waals surface area contributed by atoms with E-state index >= 15 is 0 Å². The van der Waals surface area contributed by atoms with Crippen molar-refractivity contribution in [2.45, 2.75) is 19.8 Å². The fourth-order valence-corrected chi connectivity index (χ4v) is 4.33. The number of ether oxygens (including phenoxy) is 2. The highest BCUT2D eigenvalue weighted by molar-refractivity contribution is 7.18. The number of carbonyl (C=O) groups excluding carboxylic acids is 2. The molecular weight excluding hydrogens is 374 g/mol. The third-order valence-corrected chi connectivity index (χ3v) is 5.55. The molecule has 2 aromatic rings. The zero-order valence-electron chi connectivity index (χ0n) is 14.6. The summed E-state index contributed by atoms with van der Waals surface area (Å²) in [6.07, 6.45) is 0. The Kier molecular flexibility index (Phi) is 5.34. The second kappa shape index (κ2) is 7.51. The van der Waals surface area contributed by atoms with Gasteiger partial charge in [-0.2, -0.15) is 0 Å². The molecule has 1 aliphatic heterocycles. The smallest absolute Gasteiger partial charge is 0.348 e. The van der Waals surface area contributed by atoms with Gasteiger partial charge in [-0.3, -0.25) is 0 Å². The molecule has 0 aliphatic carbocycles. The van der Waals surface area contributed by atoms with Crippen LogP contribution in [0.5, 0.6) is 0 Å². The van der Waals surface area contributed by atoms with Crippen LogP contribution in [0, 0.1) is 0 Å². The number of nitrogens with one attached hydrogen (secondary N) is 1. The van der Waals surface area contributed by atoms with E-state index in [4.69, 9.17) is 21.1 Å². The van der Waals surface area contributed by atoms with Crippen LogP contribution in [0.15, 0.2) is 41.6 Å². The zero-order valence-corrected chi connectivity index (χ0v) is 16.2. The molecule has 5 nitrogen and oxygen atoms in total. The molecule has 2 heterocycles. The molecule has 0 bridgehead atoms. The van der Waals surface area contributed by atoms with Crippen molar-refractivity contribution in [1.82, 2.24) is 0 Å². The molecule has 0 unspecified atom stereocenters. The summed E-state index contributed by atoms with van der Waals surface area (Å²) in [6, 6.07) is 9.11. The Labute approximate surface area is 160 Å². The summed E-state index contributed by atoms with van der Waals surface area (Å²) in [4.78, 5) is 25.1. The van der Waals surface area contributed by atoms with E-state index in [1.165, 1.54) is 18.4 Å². The second-order valence-electron chi connectivity index (χ2n) is 5.73. The first kappa shape index (κ1) is 18.5. The summed E-state index contributed by atoms with van der Waals surface area (Å²) in [6.45, 7) is 3.87. The molecule has 0 radical (unpaired) electrons. The Bertz CT molecular complexity index is 903. The monoisotopic (exact) mass is 391 g/mol. The topological polar surface area (TPSA) is 64.6 Å². The molecule has 0 amide bonds. The average molecular weight is 392 g/mol. The number of methoxy groups -OCH3 is 1. The summed E-state index contributed by atoms with van der Waals surface area (Å²) >= 11 is 7.72. The lowest BCUT2D eigenvalue weighted by Crippen LogP contribution is -2.23. The number of carbonyl (C=O) groups is 2. The Morgan fingerprint density at radius 3 is 2.62 bits per heavy atom. The minimum Gasteiger partial charge on any atom is -0.466 e. The summed E-state index contributed by atoms with van der Waals surface area (Å²) in [5, 5.41) is 4.55. The van der Waals surface area contributed by atoms with Crippen LogP contribution in [0.1, 0.15) is 40.6 Å². The lowest BCUT2D eigenvalue weighted by molar-refractivity contribution is -0.136. The van der Waals surface area contributed by atoms with E-state index in [0.717, 1.165) is 16.1 Å². The summed E-state index contributed by atoms with van der Waals surface area (Å²) in [5.41, 5.74) is 2.73. The molecule has 26 heavy (non-hydrogen) atoms. The minimum absolute atomic E-state index is 0.299. The number of fused-ring (bicyclic) bond motifs is 1. The molecular formula is C19H18ClNO4S. The van der Waals surface area contributed by atoms with Crippen molar-refractivity contribution in [3.05, 3.63) is 62.6 Å². The predicted octanol–water partition coefficient (Wildman–Crippen LogP) is 4.58. The fraction of sp³-hybridized carbons (Fsp3) is 0.263. The highest BCUT2D eigenvalue weighted by atomic mass is 35.5. The number of hydrogen-bond donors (Lipinski definition) is 1. The first-order valence-electron chi connectivity index (χ1n) is 8.09. The Hall–Kier alpha value is -2.31. The molecule has 0 fully saturated rings. The van der Waals surface area contributed by atoms with Gasteiger partial charge in [0.25, 0.3) is 0 Å². The van der Waals surface area contributed by atoms with Crippen molar-refractivity contribution in [1.29, 1.82) is 0 Å². The van der Waals surface area contributed by atoms with Crippen LogP contribution >= 0.6 is 22.9 Å². The third-order valence-electron chi connectivity index (χ3n) is 4.16. The van der Waals surface area contributed by atoms with E-state index < -0.39 is 11.9 Å². The maximum absolute atomic E-state index is 12.5. The zero-order chi connectivity index (χ0) is 18.8. The molecule has 0 spiro atoms.